The fourth-order valence-electron chi connectivity index (χ4n) is 2.76. The Labute approximate surface area is 161 Å². The SMILES string of the molecule is COc1ccc(CCC(=O)NCCCOC(C)c2ccccc2)cc1OC. The van der Waals surface area contributed by atoms with Crippen molar-refractivity contribution in [3.8, 4) is 11.5 Å². The summed E-state index contributed by atoms with van der Waals surface area (Å²) in [6.07, 6.45) is 1.95. The van der Waals surface area contributed by atoms with E-state index in [2.05, 4.69) is 17.4 Å². The average molecular weight is 371 g/mol. The van der Waals surface area contributed by atoms with E-state index in [-0.39, 0.29) is 12.0 Å². The molecule has 2 aromatic rings. The molecule has 1 atom stereocenters. The third-order valence-corrected chi connectivity index (χ3v) is 4.37. The van der Waals surface area contributed by atoms with Gasteiger partial charge in [-0.15, -0.1) is 0 Å². The monoisotopic (exact) mass is 371 g/mol. The first-order valence-electron chi connectivity index (χ1n) is 9.28. The van der Waals surface area contributed by atoms with Crippen molar-refractivity contribution in [2.45, 2.75) is 32.3 Å². The van der Waals surface area contributed by atoms with Crippen LogP contribution in [0.1, 0.15) is 37.0 Å². The summed E-state index contributed by atoms with van der Waals surface area (Å²) >= 11 is 0. The second-order valence-electron chi connectivity index (χ2n) is 6.32. The van der Waals surface area contributed by atoms with Gasteiger partial charge >= 0.3 is 0 Å². The minimum atomic E-state index is 0.0425. The number of hydrogen-bond acceptors (Lipinski definition) is 4. The Balaban J connectivity index is 1.62. The molecule has 0 fully saturated rings. The minimum Gasteiger partial charge on any atom is -0.493 e. The van der Waals surface area contributed by atoms with E-state index < -0.39 is 0 Å². The van der Waals surface area contributed by atoms with E-state index in [1.54, 1.807) is 14.2 Å². The maximum absolute atomic E-state index is 12.0. The van der Waals surface area contributed by atoms with Gasteiger partial charge < -0.3 is 19.5 Å². The molecule has 2 rings (SSSR count). The van der Waals surface area contributed by atoms with Crippen LogP contribution in [0.2, 0.25) is 0 Å². The molecule has 0 spiro atoms. The molecule has 0 saturated carbocycles. The lowest BCUT2D eigenvalue weighted by atomic mass is 10.1. The number of amides is 1. The Hall–Kier alpha value is -2.53. The predicted octanol–water partition coefficient (Wildman–Crippen LogP) is 3.92. The maximum atomic E-state index is 12.0. The van der Waals surface area contributed by atoms with Gasteiger partial charge in [0.15, 0.2) is 11.5 Å². The predicted molar refractivity (Wildman–Crippen MR) is 106 cm³/mol. The van der Waals surface area contributed by atoms with Crippen LogP contribution in [0.15, 0.2) is 48.5 Å². The van der Waals surface area contributed by atoms with E-state index in [1.807, 2.05) is 43.3 Å². The Morgan fingerprint density at radius 1 is 1.04 bits per heavy atom. The van der Waals surface area contributed by atoms with Gasteiger partial charge in [-0.2, -0.15) is 0 Å². The molecule has 1 N–H and O–H groups in total. The number of rotatable bonds is 11. The number of ether oxygens (including phenoxy) is 3. The molecule has 5 heteroatoms. The Morgan fingerprint density at radius 2 is 1.78 bits per heavy atom. The number of hydrogen-bond donors (Lipinski definition) is 1. The number of carbonyl (C=O) groups excluding carboxylic acids is 1. The number of benzene rings is 2. The number of aryl methyl sites for hydroxylation is 1. The Bertz CT molecular complexity index is 703. The van der Waals surface area contributed by atoms with Crippen LogP contribution in [0.4, 0.5) is 0 Å². The highest BCUT2D eigenvalue weighted by Gasteiger charge is 2.07. The molecule has 0 aliphatic heterocycles. The molecule has 1 unspecified atom stereocenters. The van der Waals surface area contributed by atoms with Crippen LogP contribution in [0.3, 0.4) is 0 Å². The van der Waals surface area contributed by atoms with Gasteiger partial charge in [-0.1, -0.05) is 36.4 Å². The first kappa shape index (κ1) is 20.8. The van der Waals surface area contributed by atoms with Gasteiger partial charge in [0.05, 0.1) is 20.3 Å². The van der Waals surface area contributed by atoms with Crippen LogP contribution in [0.25, 0.3) is 0 Å². The van der Waals surface area contributed by atoms with Gasteiger partial charge in [0, 0.05) is 19.6 Å². The molecule has 0 aromatic heterocycles. The van der Waals surface area contributed by atoms with Crippen LogP contribution in [-0.2, 0) is 16.0 Å². The minimum absolute atomic E-state index is 0.0425. The molecule has 0 aliphatic carbocycles. The van der Waals surface area contributed by atoms with Crippen molar-refractivity contribution in [2.24, 2.45) is 0 Å². The van der Waals surface area contributed by atoms with Crippen LogP contribution in [0.5, 0.6) is 11.5 Å². The molecule has 0 saturated heterocycles. The van der Waals surface area contributed by atoms with Crippen LogP contribution in [0, 0.1) is 0 Å². The second-order valence-corrected chi connectivity index (χ2v) is 6.32. The fourth-order valence-corrected chi connectivity index (χ4v) is 2.76. The maximum Gasteiger partial charge on any atom is 0.220 e. The fraction of sp³-hybridized carbons (Fsp3) is 0.409. The smallest absolute Gasteiger partial charge is 0.220 e. The van der Waals surface area contributed by atoms with Gasteiger partial charge in [0.2, 0.25) is 5.91 Å². The van der Waals surface area contributed by atoms with E-state index >= 15 is 0 Å². The molecule has 2 aromatic carbocycles. The Morgan fingerprint density at radius 3 is 2.48 bits per heavy atom. The van der Waals surface area contributed by atoms with Gasteiger partial charge in [-0.05, 0) is 43.0 Å². The third-order valence-electron chi connectivity index (χ3n) is 4.37. The summed E-state index contributed by atoms with van der Waals surface area (Å²) in [5.74, 6) is 1.41. The van der Waals surface area contributed by atoms with Crippen molar-refractivity contribution in [1.82, 2.24) is 5.32 Å². The number of carbonyl (C=O) groups is 1. The highest BCUT2D eigenvalue weighted by Crippen LogP contribution is 2.27. The topological polar surface area (TPSA) is 56.8 Å². The largest absolute Gasteiger partial charge is 0.493 e. The first-order valence-corrected chi connectivity index (χ1v) is 9.28. The van der Waals surface area contributed by atoms with Crippen molar-refractivity contribution in [3.63, 3.8) is 0 Å². The van der Waals surface area contributed by atoms with Crippen molar-refractivity contribution >= 4 is 5.91 Å². The molecule has 1 amide bonds. The molecule has 146 valence electrons. The summed E-state index contributed by atoms with van der Waals surface area (Å²) in [5.41, 5.74) is 2.21. The summed E-state index contributed by atoms with van der Waals surface area (Å²) in [6.45, 7) is 3.27. The zero-order chi connectivity index (χ0) is 19.5. The molecule has 0 aliphatic rings. The molecule has 0 radical (unpaired) electrons. The first-order chi connectivity index (χ1) is 13.1. The normalized spacial score (nSPS) is 11.7. The molecule has 0 bridgehead atoms. The Kier molecular flexibility index (Phi) is 8.65. The van der Waals surface area contributed by atoms with Gasteiger partial charge in [-0.25, -0.2) is 0 Å². The standard InChI is InChI=1S/C22H29NO4/c1-17(19-8-5-4-6-9-19)27-15-7-14-23-22(24)13-11-18-10-12-20(25-2)21(16-18)26-3/h4-6,8-10,12,16-17H,7,11,13-15H2,1-3H3,(H,23,24). The molecule has 0 heterocycles. The van der Waals surface area contributed by atoms with Crippen molar-refractivity contribution in [3.05, 3.63) is 59.7 Å². The van der Waals surface area contributed by atoms with Crippen molar-refractivity contribution in [1.29, 1.82) is 0 Å². The van der Waals surface area contributed by atoms with Crippen LogP contribution >= 0.6 is 0 Å². The highest BCUT2D eigenvalue weighted by molar-refractivity contribution is 5.76. The van der Waals surface area contributed by atoms with Gasteiger partial charge in [0.25, 0.3) is 0 Å². The highest BCUT2D eigenvalue weighted by atomic mass is 16.5. The lowest BCUT2D eigenvalue weighted by Crippen LogP contribution is -2.25. The summed E-state index contributed by atoms with van der Waals surface area (Å²) in [5, 5.41) is 2.94. The third kappa shape index (κ3) is 6.94. The summed E-state index contributed by atoms with van der Waals surface area (Å²) in [6, 6.07) is 15.8. The van der Waals surface area contributed by atoms with Crippen molar-refractivity contribution in [2.75, 3.05) is 27.4 Å². The van der Waals surface area contributed by atoms with E-state index in [0.717, 1.165) is 17.5 Å². The average Bonchev–Trinajstić information content (AvgIpc) is 2.72. The summed E-state index contributed by atoms with van der Waals surface area (Å²) in [7, 11) is 3.21. The van der Waals surface area contributed by atoms with E-state index in [9.17, 15) is 4.79 Å². The summed E-state index contributed by atoms with van der Waals surface area (Å²) < 4.78 is 16.3. The zero-order valence-electron chi connectivity index (χ0n) is 16.4. The van der Waals surface area contributed by atoms with Crippen LogP contribution < -0.4 is 14.8 Å². The second kappa shape index (κ2) is 11.2. The molecular formula is C22H29NO4. The van der Waals surface area contributed by atoms with E-state index in [1.165, 1.54) is 0 Å². The summed E-state index contributed by atoms with van der Waals surface area (Å²) in [4.78, 5) is 12.0. The number of methoxy groups -OCH3 is 2. The number of nitrogens with one attached hydrogen (secondary N) is 1. The van der Waals surface area contributed by atoms with Crippen molar-refractivity contribution < 1.29 is 19.0 Å². The molecule has 27 heavy (non-hydrogen) atoms. The van der Waals surface area contributed by atoms with Gasteiger partial charge in [-0.3, -0.25) is 4.79 Å². The van der Waals surface area contributed by atoms with E-state index in [4.69, 9.17) is 14.2 Å². The van der Waals surface area contributed by atoms with E-state index in [0.29, 0.717) is 37.5 Å². The molecule has 5 nitrogen and oxygen atoms in total. The zero-order valence-corrected chi connectivity index (χ0v) is 16.4. The van der Waals surface area contributed by atoms with Crippen LogP contribution in [-0.4, -0.2) is 33.3 Å². The lowest BCUT2D eigenvalue weighted by molar-refractivity contribution is -0.121. The lowest BCUT2D eigenvalue weighted by Gasteiger charge is -2.13. The quantitative estimate of drug-likeness (QED) is 0.608. The molecular weight excluding hydrogens is 342 g/mol. The van der Waals surface area contributed by atoms with Gasteiger partial charge in [0.1, 0.15) is 0 Å².